The van der Waals surface area contributed by atoms with Crippen molar-refractivity contribution in [1.29, 1.82) is 0 Å². The van der Waals surface area contributed by atoms with Gasteiger partial charge in [-0.1, -0.05) is 18.3 Å². The third kappa shape index (κ3) is 2.40. The molecule has 1 aromatic heterocycles. The Kier molecular flexibility index (Phi) is 2.83. The number of anilines is 1. The maximum atomic E-state index is 3.98. The highest BCUT2D eigenvalue weighted by atomic mass is 79.9. The Bertz CT molecular complexity index is 283. The molecular weight excluding hydrogens is 250 g/mol. The van der Waals surface area contributed by atoms with E-state index in [1.807, 2.05) is 0 Å². The van der Waals surface area contributed by atoms with E-state index in [9.17, 15) is 0 Å². The molecule has 0 aliphatic heterocycles. The molecule has 0 amide bonds. The molecule has 1 heterocycles. The Morgan fingerprint density at radius 2 is 2.31 bits per heavy atom. The van der Waals surface area contributed by atoms with Gasteiger partial charge in [-0.3, -0.25) is 0 Å². The molecule has 0 radical (unpaired) electrons. The number of nitrogens with zero attached hydrogens (tertiary/aromatic N) is 2. The van der Waals surface area contributed by atoms with Gasteiger partial charge in [-0.05, 0) is 40.6 Å². The van der Waals surface area contributed by atoms with Gasteiger partial charge in [-0.15, -0.1) is 10.2 Å². The van der Waals surface area contributed by atoms with Crippen molar-refractivity contribution < 1.29 is 0 Å². The molecule has 0 saturated heterocycles. The third-order valence-electron chi connectivity index (χ3n) is 2.41. The smallest absolute Gasteiger partial charge is 0.206 e. The number of hydrogen-bond acceptors (Lipinski definition) is 4. The van der Waals surface area contributed by atoms with Crippen molar-refractivity contribution in [2.75, 3.05) is 11.9 Å². The van der Waals surface area contributed by atoms with Crippen molar-refractivity contribution in [3.05, 3.63) is 3.92 Å². The second-order valence-electron chi connectivity index (χ2n) is 3.68. The van der Waals surface area contributed by atoms with Crippen molar-refractivity contribution in [1.82, 2.24) is 10.2 Å². The first-order valence-electron chi connectivity index (χ1n) is 4.47. The van der Waals surface area contributed by atoms with Crippen LogP contribution in [0, 0.1) is 11.8 Å². The van der Waals surface area contributed by atoms with Crippen LogP contribution < -0.4 is 5.32 Å². The molecule has 0 unspecified atom stereocenters. The summed E-state index contributed by atoms with van der Waals surface area (Å²) in [5, 5.41) is 12.1. The highest BCUT2D eigenvalue weighted by molar-refractivity contribution is 9.11. The van der Waals surface area contributed by atoms with Gasteiger partial charge in [0.2, 0.25) is 5.13 Å². The summed E-state index contributed by atoms with van der Waals surface area (Å²) in [6.07, 6.45) is 2.71. The van der Waals surface area contributed by atoms with Crippen LogP contribution in [0.1, 0.15) is 19.8 Å². The van der Waals surface area contributed by atoms with Gasteiger partial charge in [-0.2, -0.15) is 0 Å². The fraction of sp³-hybridized carbons (Fsp3) is 0.750. The van der Waals surface area contributed by atoms with Gasteiger partial charge >= 0.3 is 0 Å². The third-order valence-corrected chi connectivity index (χ3v) is 3.73. The van der Waals surface area contributed by atoms with E-state index in [1.165, 1.54) is 12.8 Å². The van der Waals surface area contributed by atoms with Gasteiger partial charge in [0, 0.05) is 6.54 Å². The monoisotopic (exact) mass is 261 g/mol. The number of hydrogen-bond donors (Lipinski definition) is 1. The summed E-state index contributed by atoms with van der Waals surface area (Å²) < 4.78 is 0.844. The zero-order valence-corrected chi connectivity index (χ0v) is 9.86. The zero-order chi connectivity index (χ0) is 9.26. The van der Waals surface area contributed by atoms with E-state index in [2.05, 4.69) is 38.4 Å². The first kappa shape index (κ1) is 9.40. The van der Waals surface area contributed by atoms with Gasteiger partial charge in [-0.25, -0.2) is 0 Å². The average Bonchev–Trinajstić information content (AvgIpc) is 2.43. The van der Waals surface area contributed by atoms with Crippen LogP contribution in [0.3, 0.4) is 0 Å². The minimum absolute atomic E-state index is 0.844. The van der Waals surface area contributed by atoms with E-state index in [0.29, 0.717) is 0 Å². The maximum Gasteiger partial charge on any atom is 0.206 e. The predicted molar refractivity (Wildman–Crippen MR) is 58.0 cm³/mol. The zero-order valence-electron chi connectivity index (χ0n) is 7.46. The molecule has 13 heavy (non-hydrogen) atoms. The first-order chi connectivity index (χ1) is 6.24. The maximum absolute atomic E-state index is 3.98. The molecule has 3 nitrogen and oxygen atoms in total. The van der Waals surface area contributed by atoms with Gasteiger partial charge < -0.3 is 5.32 Å². The molecule has 2 rings (SSSR count). The van der Waals surface area contributed by atoms with Crippen LogP contribution in [-0.2, 0) is 0 Å². The fourth-order valence-electron chi connectivity index (χ4n) is 1.74. The molecule has 1 saturated carbocycles. The summed E-state index contributed by atoms with van der Waals surface area (Å²) in [7, 11) is 0. The minimum atomic E-state index is 0.844. The van der Waals surface area contributed by atoms with Gasteiger partial charge in [0.05, 0.1) is 0 Å². The second-order valence-corrected chi connectivity index (χ2v) is 5.94. The highest BCUT2D eigenvalue weighted by Gasteiger charge is 2.24. The van der Waals surface area contributed by atoms with Crippen molar-refractivity contribution in [2.45, 2.75) is 19.8 Å². The summed E-state index contributed by atoms with van der Waals surface area (Å²) in [4.78, 5) is 0. The largest absolute Gasteiger partial charge is 0.360 e. The van der Waals surface area contributed by atoms with E-state index < -0.39 is 0 Å². The van der Waals surface area contributed by atoms with Crippen molar-refractivity contribution in [3.8, 4) is 0 Å². The van der Waals surface area contributed by atoms with E-state index in [0.717, 1.165) is 27.4 Å². The van der Waals surface area contributed by atoms with Crippen LogP contribution >= 0.6 is 27.3 Å². The van der Waals surface area contributed by atoms with E-state index >= 15 is 0 Å². The Morgan fingerprint density at radius 1 is 1.54 bits per heavy atom. The normalized spacial score (nSPS) is 26.9. The second kappa shape index (κ2) is 3.92. The van der Waals surface area contributed by atoms with Gasteiger partial charge in [0.15, 0.2) is 3.92 Å². The molecule has 1 N–H and O–H groups in total. The number of nitrogens with one attached hydrogen (secondary N) is 1. The molecule has 0 aromatic carbocycles. The topological polar surface area (TPSA) is 37.8 Å². The number of rotatable bonds is 3. The molecule has 1 aliphatic rings. The van der Waals surface area contributed by atoms with Crippen molar-refractivity contribution in [3.63, 3.8) is 0 Å². The summed E-state index contributed by atoms with van der Waals surface area (Å²) >= 11 is 4.83. The van der Waals surface area contributed by atoms with Crippen LogP contribution in [0.25, 0.3) is 0 Å². The predicted octanol–water partition coefficient (Wildman–Crippen LogP) is 2.76. The molecule has 5 heteroatoms. The molecular formula is C8H12BrN3S. The Morgan fingerprint density at radius 3 is 2.85 bits per heavy atom. The van der Waals surface area contributed by atoms with Gasteiger partial charge in [0.25, 0.3) is 0 Å². The molecule has 72 valence electrons. The minimum Gasteiger partial charge on any atom is -0.360 e. The molecule has 0 bridgehead atoms. The van der Waals surface area contributed by atoms with Gasteiger partial charge in [0.1, 0.15) is 0 Å². The summed E-state index contributed by atoms with van der Waals surface area (Å²) in [5.41, 5.74) is 0. The molecule has 1 aromatic rings. The fourth-order valence-corrected chi connectivity index (χ4v) is 2.76. The number of halogens is 1. The molecule has 1 fully saturated rings. The van der Waals surface area contributed by atoms with Crippen LogP contribution in [-0.4, -0.2) is 16.7 Å². The summed E-state index contributed by atoms with van der Waals surface area (Å²) in [5.74, 6) is 1.77. The van der Waals surface area contributed by atoms with Crippen molar-refractivity contribution >= 4 is 32.4 Å². The summed E-state index contributed by atoms with van der Waals surface area (Å²) in [6.45, 7) is 3.35. The van der Waals surface area contributed by atoms with Crippen LogP contribution in [0.2, 0.25) is 0 Å². The van der Waals surface area contributed by atoms with E-state index in [1.54, 1.807) is 11.3 Å². The van der Waals surface area contributed by atoms with Crippen LogP contribution in [0.4, 0.5) is 5.13 Å². The lowest BCUT2D eigenvalue weighted by atomic mass is 9.76. The van der Waals surface area contributed by atoms with E-state index in [-0.39, 0.29) is 0 Å². The highest BCUT2D eigenvalue weighted by Crippen LogP contribution is 2.33. The first-order valence-corrected chi connectivity index (χ1v) is 6.08. The molecule has 1 aliphatic carbocycles. The van der Waals surface area contributed by atoms with E-state index in [4.69, 9.17) is 0 Å². The number of aromatic nitrogens is 2. The van der Waals surface area contributed by atoms with Crippen LogP contribution in [0.15, 0.2) is 3.92 Å². The average molecular weight is 262 g/mol. The standard InChI is InChI=1S/C8H12BrN3S/c1-5-2-6(3-5)4-10-8-12-11-7(9)13-8/h5-6H,2-4H2,1H3,(H,10,12). The molecule has 0 atom stereocenters. The lowest BCUT2D eigenvalue weighted by Crippen LogP contribution is -2.27. The molecule has 0 spiro atoms. The Hall–Kier alpha value is -0.160. The van der Waals surface area contributed by atoms with Crippen molar-refractivity contribution in [2.24, 2.45) is 11.8 Å². The van der Waals surface area contributed by atoms with Crippen LogP contribution in [0.5, 0.6) is 0 Å². The quantitative estimate of drug-likeness (QED) is 0.910. The lowest BCUT2D eigenvalue weighted by molar-refractivity contribution is 0.225. The lowest BCUT2D eigenvalue weighted by Gasteiger charge is -2.32. The Labute approximate surface area is 90.1 Å². The Balaban J connectivity index is 1.74. The SMILES string of the molecule is CC1CC(CNc2nnc(Br)s2)C1. The summed E-state index contributed by atoms with van der Waals surface area (Å²) in [6, 6.07) is 0.